The minimum Gasteiger partial charge on any atom is -0.462 e. The molecule has 386 valence electrons. The van der Waals surface area contributed by atoms with Crippen molar-refractivity contribution in [1.29, 1.82) is 0 Å². The number of hydrogen-bond acceptors (Lipinski definition) is 6. The van der Waals surface area contributed by atoms with E-state index in [0.29, 0.717) is 19.3 Å². The van der Waals surface area contributed by atoms with Gasteiger partial charge in [-0.25, -0.2) is 0 Å². The first-order chi connectivity index (χ1) is 32.5. The lowest BCUT2D eigenvalue weighted by atomic mass is 10.0. The second-order valence-corrected chi connectivity index (χ2v) is 19.6. The summed E-state index contributed by atoms with van der Waals surface area (Å²) in [6.07, 6.45) is 65.6. The van der Waals surface area contributed by atoms with Crippen LogP contribution in [0.15, 0.2) is 36.5 Å². The zero-order chi connectivity index (χ0) is 47.9. The van der Waals surface area contributed by atoms with Crippen molar-refractivity contribution in [2.75, 3.05) is 13.2 Å². The van der Waals surface area contributed by atoms with Gasteiger partial charge < -0.3 is 14.2 Å². The van der Waals surface area contributed by atoms with E-state index in [4.69, 9.17) is 14.2 Å². The summed E-state index contributed by atoms with van der Waals surface area (Å²) >= 11 is 0. The maximum Gasteiger partial charge on any atom is 0.306 e. The highest BCUT2D eigenvalue weighted by Crippen LogP contribution is 2.16. The van der Waals surface area contributed by atoms with Crippen molar-refractivity contribution in [1.82, 2.24) is 0 Å². The number of carbonyl (C=O) groups is 3. The molecule has 0 aliphatic carbocycles. The van der Waals surface area contributed by atoms with Gasteiger partial charge in [-0.05, 0) is 77.0 Å². The highest BCUT2D eigenvalue weighted by atomic mass is 16.6. The summed E-state index contributed by atoms with van der Waals surface area (Å²) in [5, 5.41) is 0. The Balaban J connectivity index is 4.35. The molecule has 1 atom stereocenters. The highest BCUT2D eigenvalue weighted by Gasteiger charge is 2.19. The van der Waals surface area contributed by atoms with Crippen LogP contribution in [-0.2, 0) is 28.6 Å². The van der Waals surface area contributed by atoms with Crippen molar-refractivity contribution < 1.29 is 28.6 Å². The maximum absolute atomic E-state index is 12.8. The molecule has 0 saturated heterocycles. The van der Waals surface area contributed by atoms with E-state index < -0.39 is 6.10 Å². The van der Waals surface area contributed by atoms with Gasteiger partial charge in [0.25, 0.3) is 0 Å². The van der Waals surface area contributed by atoms with Gasteiger partial charge in [-0.1, -0.05) is 250 Å². The molecule has 0 radical (unpaired) electrons. The average Bonchev–Trinajstić information content (AvgIpc) is 3.31. The molecule has 0 saturated carbocycles. The predicted octanol–water partition coefficient (Wildman–Crippen LogP) is 19.3. The van der Waals surface area contributed by atoms with Crippen molar-refractivity contribution in [3.8, 4) is 0 Å². The Kier molecular flexibility index (Phi) is 53.2. The molecule has 0 spiro atoms. The molecule has 0 heterocycles. The fraction of sp³-hybridized carbons (Fsp3) is 0.850. The van der Waals surface area contributed by atoms with E-state index in [-0.39, 0.29) is 31.1 Å². The SMILES string of the molecule is CCCCC/C=C\C/C=C\CCCCCCCC(=O)OC(COC(=O)CCCCCCC/C=C\CCCCCCCC)COC(=O)CCCCCCCCCCCCCCCCCCCC. The zero-order valence-electron chi connectivity index (χ0n) is 44.2. The van der Waals surface area contributed by atoms with Crippen LogP contribution in [0.5, 0.6) is 0 Å². The van der Waals surface area contributed by atoms with Crippen LogP contribution in [0.3, 0.4) is 0 Å². The lowest BCUT2D eigenvalue weighted by Crippen LogP contribution is -2.30. The first kappa shape index (κ1) is 63.6. The molecule has 0 aliphatic heterocycles. The van der Waals surface area contributed by atoms with Gasteiger partial charge in [0.1, 0.15) is 13.2 Å². The van der Waals surface area contributed by atoms with Crippen molar-refractivity contribution in [2.45, 2.75) is 316 Å². The Bertz CT molecular complexity index is 1110. The summed E-state index contributed by atoms with van der Waals surface area (Å²) in [6.45, 7) is 6.63. The number of ether oxygens (including phenoxy) is 3. The van der Waals surface area contributed by atoms with E-state index in [1.54, 1.807) is 0 Å². The topological polar surface area (TPSA) is 78.9 Å². The minimum absolute atomic E-state index is 0.0769. The van der Waals surface area contributed by atoms with Gasteiger partial charge in [0.15, 0.2) is 6.10 Å². The van der Waals surface area contributed by atoms with Crippen LogP contribution >= 0.6 is 0 Å². The second kappa shape index (κ2) is 55.2. The zero-order valence-corrected chi connectivity index (χ0v) is 44.2. The van der Waals surface area contributed by atoms with Gasteiger partial charge in [0.2, 0.25) is 0 Å². The molecule has 0 aromatic heterocycles. The molecule has 0 aromatic carbocycles. The third-order valence-electron chi connectivity index (χ3n) is 12.9. The number of hydrogen-bond donors (Lipinski definition) is 0. The van der Waals surface area contributed by atoms with E-state index in [2.05, 4.69) is 57.2 Å². The van der Waals surface area contributed by atoms with Crippen LogP contribution in [0.1, 0.15) is 310 Å². The summed E-state index contributed by atoms with van der Waals surface area (Å²) in [5.74, 6) is -0.882. The van der Waals surface area contributed by atoms with Gasteiger partial charge in [0, 0.05) is 19.3 Å². The molecule has 0 aromatic rings. The average molecular weight is 928 g/mol. The van der Waals surface area contributed by atoms with Crippen LogP contribution in [0.25, 0.3) is 0 Å². The van der Waals surface area contributed by atoms with Crippen LogP contribution < -0.4 is 0 Å². The third kappa shape index (κ3) is 52.6. The van der Waals surface area contributed by atoms with Gasteiger partial charge in [0.05, 0.1) is 0 Å². The van der Waals surface area contributed by atoms with Crippen LogP contribution in [-0.4, -0.2) is 37.2 Å². The number of unbranched alkanes of at least 4 members (excludes halogenated alkanes) is 36. The van der Waals surface area contributed by atoms with Crippen LogP contribution in [0.4, 0.5) is 0 Å². The van der Waals surface area contributed by atoms with Gasteiger partial charge in [-0.2, -0.15) is 0 Å². The third-order valence-corrected chi connectivity index (χ3v) is 12.9. The summed E-state index contributed by atoms with van der Waals surface area (Å²) in [7, 11) is 0. The van der Waals surface area contributed by atoms with E-state index in [0.717, 1.165) is 89.9 Å². The van der Waals surface area contributed by atoms with Gasteiger partial charge in [-0.3, -0.25) is 14.4 Å². The Labute approximate surface area is 410 Å². The van der Waals surface area contributed by atoms with Gasteiger partial charge in [-0.15, -0.1) is 0 Å². The summed E-state index contributed by atoms with van der Waals surface area (Å²) in [6, 6.07) is 0. The second-order valence-electron chi connectivity index (χ2n) is 19.6. The first-order valence-corrected chi connectivity index (χ1v) is 29.0. The Morgan fingerprint density at radius 1 is 0.303 bits per heavy atom. The van der Waals surface area contributed by atoms with Crippen molar-refractivity contribution in [3.05, 3.63) is 36.5 Å². The molecule has 66 heavy (non-hydrogen) atoms. The number of carbonyl (C=O) groups excluding carboxylic acids is 3. The Hall–Kier alpha value is -2.37. The van der Waals surface area contributed by atoms with Crippen LogP contribution in [0, 0.1) is 0 Å². The number of allylic oxidation sites excluding steroid dienone is 6. The molecule has 0 rings (SSSR count). The van der Waals surface area contributed by atoms with Crippen molar-refractivity contribution in [2.24, 2.45) is 0 Å². The minimum atomic E-state index is -0.780. The summed E-state index contributed by atoms with van der Waals surface area (Å²) in [5.41, 5.74) is 0. The normalized spacial score (nSPS) is 12.2. The van der Waals surface area contributed by atoms with E-state index in [1.165, 1.54) is 180 Å². The molecular formula is C60H110O6. The highest BCUT2D eigenvalue weighted by molar-refractivity contribution is 5.71. The Morgan fingerprint density at radius 3 is 0.879 bits per heavy atom. The quantitative estimate of drug-likeness (QED) is 0.0262. The molecule has 6 heteroatoms. The molecular weight excluding hydrogens is 817 g/mol. The van der Waals surface area contributed by atoms with Crippen molar-refractivity contribution >= 4 is 17.9 Å². The van der Waals surface area contributed by atoms with E-state index in [1.807, 2.05) is 0 Å². The van der Waals surface area contributed by atoms with E-state index in [9.17, 15) is 14.4 Å². The van der Waals surface area contributed by atoms with Crippen LogP contribution in [0.2, 0.25) is 0 Å². The van der Waals surface area contributed by atoms with Crippen molar-refractivity contribution in [3.63, 3.8) is 0 Å². The predicted molar refractivity (Wildman–Crippen MR) is 284 cm³/mol. The number of rotatable bonds is 53. The summed E-state index contributed by atoms with van der Waals surface area (Å²) < 4.78 is 16.9. The lowest BCUT2D eigenvalue weighted by molar-refractivity contribution is -0.167. The molecule has 0 amide bonds. The molecule has 0 N–H and O–H groups in total. The molecule has 0 aliphatic rings. The first-order valence-electron chi connectivity index (χ1n) is 29.0. The Morgan fingerprint density at radius 2 is 0.545 bits per heavy atom. The van der Waals surface area contributed by atoms with Gasteiger partial charge >= 0.3 is 17.9 Å². The molecule has 6 nitrogen and oxygen atoms in total. The standard InChI is InChI=1S/C60H110O6/c1-4-7-10-13-16-19-22-25-28-29-30-33-35-38-41-44-47-50-53-59(62)65-56-57(66-60(63)54-51-48-45-42-39-36-32-27-24-21-18-15-12-9-6-3)55-64-58(61)52-49-46-43-40-37-34-31-26-23-20-17-14-11-8-5-2/h18,21,26-27,31-32,57H,4-17,19-20,22-25,28-30,33-56H2,1-3H3/b21-18-,31-26-,32-27-. The van der Waals surface area contributed by atoms with E-state index >= 15 is 0 Å². The summed E-state index contributed by atoms with van der Waals surface area (Å²) in [4.78, 5) is 38.1. The molecule has 0 fully saturated rings. The smallest absolute Gasteiger partial charge is 0.306 e. The lowest BCUT2D eigenvalue weighted by Gasteiger charge is -2.18. The maximum atomic E-state index is 12.8. The molecule has 0 bridgehead atoms. The molecule has 1 unspecified atom stereocenters. The largest absolute Gasteiger partial charge is 0.462 e. The fourth-order valence-electron chi connectivity index (χ4n) is 8.47. The monoisotopic (exact) mass is 927 g/mol. The fourth-order valence-corrected chi connectivity index (χ4v) is 8.47. The number of esters is 3.